The number of rotatable bonds is 8. The first-order valence-electron chi connectivity index (χ1n) is 9.51. The fourth-order valence-corrected chi connectivity index (χ4v) is 3.28. The van der Waals surface area contributed by atoms with Crippen LogP contribution >= 0.6 is 11.6 Å². The van der Waals surface area contributed by atoms with Crippen molar-refractivity contribution in [3.63, 3.8) is 0 Å². The Labute approximate surface area is 178 Å². The number of ether oxygens (including phenoxy) is 4. The summed E-state index contributed by atoms with van der Waals surface area (Å²) < 4.78 is 35.9. The molecule has 1 saturated heterocycles. The lowest BCUT2D eigenvalue weighted by Crippen LogP contribution is -2.17. The number of methoxy groups -OCH3 is 1. The van der Waals surface area contributed by atoms with E-state index in [1.54, 1.807) is 19.2 Å². The van der Waals surface area contributed by atoms with Crippen LogP contribution in [0.25, 0.3) is 10.9 Å². The van der Waals surface area contributed by atoms with Gasteiger partial charge in [-0.25, -0.2) is 14.4 Å². The van der Waals surface area contributed by atoms with Gasteiger partial charge in [-0.2, -0.15) is 0 Å². The molecule has 0 saturated carbocycles. The van der Waals surface area contributed by atoms with Crippen LogP contribution in [0.2, 0.25) is 5.02 Å². The number of aromatic nitrogens is 2. The molecule has 2 heterocycles. The standard InChI is InChI=1S/C21H21ClFN3O4/c1-27-6-7-29-19-10-18-15(9-20(19)30-14-4-5-28-11-14)21(25-12-24-18)26-13-2-3-17(23)16(22)8-13/h2-3,8-10,12,14H,4-7,11H2,1H3,(H,24,25,26). The van der Waals surface area contributed by atoms with Crippen LogP contribution in [0.1, 0.15) is 6.42 Å². The van der Waals surface area contributed by atoms with Gasteiger partial charge >= 0.3 is 0 Å². The van der Waals surface area contributed by atoms with Crippen molar-refractivity contribution >= 4 is 34.0 Å². The Hall–Kier alpha value is -2.68. The highest BCUT2D eigenvalue weighted by Gasteiger charge is 2.21. The van der Waals surface area contributed by atoms with Crippen molar-refractivity contribution in [2.75, 3.05) is 38.9 Å². The van der Waals surface area contributed by atoms with E-state index >= 15 is 0 Å². The van der Waals surface area contributed by atoms with Crippen LogP contribution in [0.4, 0.5) is 15.9 Å². The van der Waals surface area contributed by atoms with E-state index in [0.29, 0.717) is 54.9 Å². The topological polar surface area (TPSA) is 74.7 Å². The molecule has 1 unspecified atom stereocenters. The van der Waals surface area contributed by atoms with E-state index in [2.05, 4.69) is 15.3 Å². The number of hydrogen-bond donors (Lipinski definition) is 1. The summed E-state index contributed by atoms with van der Waals surface area (Å²) in [4.78, 5) is 8.68. The second kappa shape index (κ2) is 9.42. The van der Waals surface area contributed by atoms with Gasteiger partial charge in [-0.15, -0.1) is 0 Å². The summed E-state index contributed by atoms with van der Waals surface area (Å²) >= 11 is 5.89. The molecule has 7 nitrogen and oxygen atoms in total. The molecule has 2 aromatic carbocycles. The van der Waals surface area contributed by atoms with E-state index in [9.17, 15) is 4.39 Å². The predicted molar refractivity (Wildman–Crippen MR) is 111 cm³/mol. The van der Waals surface area contributed by atoms with E-state index in [1.807, 2.05) is 6.07 Å². The summed E-state index contributed by atoms with van der Waals surface area (Å²) in [6.45, 7) is 2.02. The van der Waals surface area contributed by atoms with Crippen LogP contribution in [-0.2, 0) is 9.47 Å². The molecular formula is C21H21ClFN3O4. The van der Waals surface area contributed by atoms with Crippen LogP contribution in [0.15, 0.2) is 36.7 Å². The van der Waals surface area contributed by atoms with E-state index in [0.717, 1.165) is 11.8 Å². The monoisotopic (exact) mass is 433 g/mol. The number of nitrogens with zero attached hydrogens (tertiary/aromatic N) is 2. The van der Waals surface area contributed by atoms with Crippen molar-refractivity contribution in [2.24, 2.45) is 0 Å². The predicted octanol–water partition coefficient (Wildman–Crippen LogP) is 4.36. The fraction of sp³-hybridized carbons (Fsp3) is 0.333. The Morgan fingerprint density at radius 3 is 2.87 bits per heavy atom. The van der Waals surface area contributed by atoms with Gasteiger partial charge in [-0.05, 0) is 24.3 Å². The SMILES string of the molecule is COCCOc1cc2ncnc(Nc3ccc(F)c(Cl)c3)c2cc1OC1CCOC1. The molecule has 1 aliphatic heterocycles. The maximum Gasteiger partial charge on any atom is 0.163 e. The minimum absolute atomic E-state index is 0.0254. The highest BCUT2D eigenvalue weighted by atomic mass is 35.5. The fourth-order valence-electron chi connectivity index (χ4n) is 3.10. The molecule has 30 heavy (non-hydrogen) atoms. The molecule has 158 valence electrons. The van der Waals surface area contributed by atoms with Gasteiger partial charge in [0.05, 0.1) is 30.4 Å². The lowest BCUT2D eigenvalue weighted by atomic mass is 10.2. The number of nitrogens with one attached hydrogen (secondary N) is 1. The number of halogens is 2. The minimum Gasteiger partial charge on any atom is -0.487 e. The third-order valence-electron chi connectivity index (χ3n) is 4.61. The smallest absolute Gasteiger partial charge is 0.163 e. The zero-order chi connectivity index (χ0) is 20.9. The highest BCUT2D eigenvalue weighted by Crippen LogP contribution is 2.36. The number of anilines is 2. The van der Waals surface area contributed by atoms with Gasteiger partial charge in [0.25, 0.3) is 0 Å². The quantitative estimate of drug-likeness (QED) is 0.529. The van der Waals surface area contributed by atoms with Crippen LogP contribution < -0.4 is 14.8 Å². The van der Waals surface area contributed by atoms with Crippen LogP contribution in [-0.4, -0.2) is 49.6 Å². The molecule has 9 heteroatoms. The van der Waals surface area contributed by atoms with Gasteiger partial charge in [0.15, 0.2) is 11.5 Å². The van der Waals surface area contributed by atoms with Gasteiger partial charge in [0.2, 0.25) is 0 Å². The lowest BCUT2D eigenvalue weighted by Gasteiger charge is -2.18. The molecule has 0 amide bonds. The summed E-state index contributed by atoms with van der Waals surface area (Å²) in [6.07, 6.45) is 2.20. The zero-order valence-corrected chi connectivity index (χ0v) is 17.1. The second-order valence-electron chi connectivity index (χ2n) is 6.74. The largest absolute Gasteiger partial charge is 0.487 e. The van der Waals surface area contributed by atoms with E-state index in [4.69, 9.17) is 30.5 Å². The number of benzene rings is 2. The van der Waals surface area contributed by atoms with Crippen molar-refractivity contribution in [3.05, 3.63) is 47.5 Å². The Morgan fingerprint density at radius 1 is 1.20 bits per heavy atom. The van der Waals surface area contributed by atoms with Gasteiger partial charge in [-0.3, -0.25) is 0 Å². The third-order valence-corrected chi connectivity index (χ3v) is 4.90. The van der Waals surface area contributed by atoms with Crippen molar-refractivity contribution in [1.29, 1.82) is 0 Å². The third kappa shape index (κ3) is 4.72. The van der Waals surface area contributed by atoms with Gasteiger partial charge in [0.1, 0.15) is 30.7 Å². The molecule has 0 radical (unpaired) electrons. The van der Waals surface area contributed by atoms with Gasteiger partial charge in [0, 0.05) is 30.7 Å². The maximum atomic E-state index is 13.5. The van der Waals surface area contributed by atoms with Crippen molar-refractivity contribution < 1.29 is 23.3 Å². The van der Waals surface area contributed by atoms with E-state index in [1.165, 1.54) is 18.5 Å². The van der Waals surface area contributed by atoms with Gasteiger partial charge < -0.3 is 24.3 Å². The molecule has 4 rings (SSSR count). The van der Waals surface area contributed by atoms with Crippen LogP contribution in [0, 0.1) is 5.82 Å². The first kappa shape index (κ1) is 20.6. The Balaban J connectivity index is 1.69. The first-order chi connectivity index (χ1) is 14.6. The second-order valence-corrected chi connectivity index (χ2v) is 7.14. The molecule has 1 atom stereocenters. The molecule has 1 N–H and O–H groups in total. The normalized spacial score (nSPS) is 16.0. The Bertz CT molecular complexity index is 1030. The first-order valence-corrected chi connectivity index (χ1v) is 9.89. The Kier molecular flexibility index (Phi) is 6.47. The molecule has 0 bridgehead atoms. The van der Waals surface area contributed by atoms with Crippen molar-refractivity contribution in [3.8, 4) is 11.5 Å². The maximum absolute atomic E-state index is 13.5. The average molecular weight is 434 g/mol. The molecule has 0 aliphatic carbocycles. The summed E-state index contributed by atoms with van der Waals surface area (Å²) in [7, 11) is 1.61. The molecule has 0 spiro atoms. The Morgan fingerprint density at radius 2 is 2.10 bits per heavy atom. The molecular weight excluding hydrogens is 413 g/mol. The average Bonchev–Trinajstić information content (AvgIpc) is 3.25. The van der Waals surface area contributed by atoms with Crippen LogP contribution in [0.3, 0.4) is 0 Å². The zero-order valence-electron chi connectivity index (χ0n) is 16.4. The lowest BCUT2D eigenvalue weighted by molar-refractivity contribution is 0.127. The summed E-state index contributed by atoms with van der Waals surface area (Å²) in [6, 6.07) is 8.03. The molecule has 1 fully saturated rings. The molecule has 1 aliphatic rings. The van der Waals surface area contributed by atoms with Crippen LogP contribution in [0.5, 0.6) is 11.5 Å². The van der Waals surface area contributed by atoms with Gasteiger partial charge in [-0.1, -0.05) is 11.6 Å². The van der Waals surface area contributed by atoms with E-state index < -0.39 is 5.82 Å². The summed E-state index contributed by atoms with van der Waals surface area (Å²) in [5, 5.41) is 3.92. The number of fused-ring (bicyclic) bond motifs is 1. The highest BCUT2D eigenvalue weighted by molar-refractivity contribution is 6.31. The summed E-state index contributed by atoms with van der Waals surface area (Å²) in [5.74, 6) is 1.20. The van der Waals surface area contributed by atoms with Crippen molar-refractivity contribution in [2.45, 2.75) is 12.5 Å². The summed E-state index contributed by atoms with van der Waals surface area (Å²) in [5.41, 5.74) is 1.27. The molecule has 1 aromatic heterocycles. The van der Waals surface area contributed by atoms with Crippen molar-refractivity contribution in [1.82, 2.24) is 9.97 Å². The molecule has 3 aromatic rings. The van der Waals surface area contributed by atoms with E-state index in [-0.39, 0.29) is 11.1 Å². The number of hydrogen-bond acceptors (Lipinski definition) is 7. The minimum atomic E-state index is -0.484.